The van der Waals surface area contributed by atoms with E-state index in [1.807, 2.05) is 6.92 Å². The number of rotatable bonds is 2. The van der Waals surface area contributed by atoms with E-state index in [4.69, 9.17) is 9.26 Å². The molecule has 0 saturated carbocycles. The molecule has 0 amide bonds. The molecule has 1 fully saturated rings. The Morgan fingerprint density at radius 1 is 1.29 bits per heavy atom. The maximum Gasteiger partial charge on any atom is 0.278 e. The molecule has 1 unspecified atom stereocenters. The highest BCUT2D eigenvalue weighted by Gasteiger charge is 2.23. The molecule has 0 spiro atoms. The lowest BCUT2D eigenvalue weighted by atomic mass is 10.1. The summed E-state index contributed by atoms with van der Waals surface area (Å²) < 4.78 is 10.5. The standard InChI is InChI=1S/C11H12N4O2/c1-7-4-13-9(5-12-7)11-14-10(15-17-11)8-2-3-16-6-8/h4-5,8H,2-3,6H2,1H3. The Morgan fingerprint density at radius 2 is 2.24 bits per heavy atom. The number of nitrogens with zero attached hydrogens (tertiary/aromatic N) is 4. The Hall–Kier alpha value is -1.82. The van der Waals surface area contributed by atoms with E-state index < -0.39 is 0 Å². The molecule has 6 nitrogen and oxygen atoms in total. The molecular weight excluding hydrogens is 220 g/mol. The SMILES string of the molecule is Cc1cnc(-c2nc(C3CCOC3)no2)cn1. The van der Waals surface area contributed by atoms with Crippen LogP contribution in [-0.4, -0.2) is 33.3 Å². The molecule has 88 valence electrons. The Kier molecular flexibility index (Phi) is 2.56. The van der Waals surface area contributed by atoms with Crippen molar-refractivity contribution in [2.45, 2.75) is 19.3 Å². The van der Waals surface area contributed by atoms with Gasteiger partial charge in [-0.1, -0.05) is 5.16 Å². The largest absolute Gasteiger partial charge is 0.381 e. The van der Waals surface area contributed by atoms with Crippen molar-refractivity contribution >= 4 is 0 Å². The van der Waals surface area contributed by atoms with Crippen molar-refractivity contribution in [1.82, 2.24) is 20.1 Å². The van der Waals surface area contributed by atoms with Gasteiger partial charge in [0.25, 0.3) is 5.89 Å². The zero-order valence-corrected chi connectivity index (χ0v) is 9.46. The van der Waals surface area contributed by atoms with Gasteiger partial charge in [-0.2, -0.15) is 4.98 Å². The Morgan fingerprint density at radius 3 is 2.94 bits per heavy atom. The van der Waals surface area contributed by atoms with Crippen LogP contribution < -0.4 is 0 Å². The lowest BCUT2D eigenvalue weighted by Crippen LogP contribution is -1.99. The van der Waals surface area contributed by atoms with Gasteiger partial charge in [0.1, 0.15) is 5.69 Å². The molecule has 3 rings (SSSR count). The van der Waals surface area contributed by atoms with Gasteiger partial charge in [0.2, 0.25) is 0 Å². The highest BCUT2D eigenvalue weighted by molar-refractivity contribution is 5.44. The zero-order chi connectivity index (χ0) is 11.7. The van der Waals surface area contributed by atoms with Crippen molar-refractivity contribution in [3.63, 3.8) is 0 Å². The molecule has 0 aromatic carbocycles. The fraction of sp³-hybridized carbons (Fsp3) is 0.455. The fourth-order valence-electron chi connectivity index (χ4n) is 1.75. The summed E-state index contributed by atoms with van der Waals surface area (Å²) in [5.41, 5.74) is 1.46. The predicted molar refractivity (Wildman–Crippen MR) is 58.2 cm³/mol. The van der Waals surface area contributed by atoms with E-state index in [0.717, 1.165) is 18.7 Å². The van der Waals surface area contributed by atoms with Crippen LogP contribution in [0.3, 0.4) is 0 Å². The quantitative estimate of drug-likeness (QED) is 0.777. The van der Waals surface area contributed by atoms with E-state index in [-0.39, 0.29) is 5.92 Å². The molecule has 3 heterocycles. The number of hydrogen-bond donors (Lipinski definition) is 0. The molecule has 17 heavy (non-hydrogen) atoms. The third kappa shape index (κ3) is 2.03. The van der Waals surface area contributed by atoms with Crippen LogP contribution in [0, 0.1) is 6.92 Å². The summed E-state index contributed by atoms with van der Waals surface area (Å²) in [6.07, 6.45) is 4.26. The molecule has 1 atom stereocenters. The lowest BCUT2D eigenvalue weighted by Gasteiger charge is -1.97. The van der Waals surface area contributed by atoms with Crippen molar-refractivity contribution in [3.05, 3.63) is 23.9 Å². The fourth-order valence-corrected chi connectivity index (χ4v) is 1.75. The summed E-state index contributed by atoms with van der Waals surface area (Å²) in [7, 11) is 0. The maximum atomic E-state index is 5.29. The average molecular weight is 232 g/mol. The van der Waals surface area contributed by atoms with Gasteiger partial charge in [0.15, 0.2) is 5.82 Å². The maximum absolute atomic E-state index is 5.29. The van der Waals surface area contributed by atoms with Gasteiger partial charge >= 0.3 is 0 Å². The van der Waals surface area contributed by atoms with Gasteiger partial charge in [0.05, 0.1) is 18.5 Å². The molecule has 0 bridgehead atoms. The smallest absolute Gasteiger partial charge is 0.278 e. The number of ether oxygens (including phenoxy) is 1. The van der Waals surface area contributed by atoms with E-state index in [0.29, 0.717) is 24.0 Å². The van der Waals surface area contributed by atoms with Gasteiger partial charge < -0.3 is 9.26 Å². The summed E-state index contributed by atoms with van der Waals surface area (Å²) in [5.74, 6) is 1.35. The zero-order valence-electron chi connectivity index (χ0n) is 9.46. The van der Waals surface area contributed by atoms with Crippen molar-refractivity contribution < 1.29 is 9.26 Å². The second kappa shape index (κ2) is 4.21. The van der Waals surface area contributed by atoms with Crippen LogP contribution in [0.25, 0.3) is 11.6 Å². The number of aryl methyl sites for hydroxylation is 1. The predicted octanol–water partition coefficient (Wildman–Crippen LogP) is 1.34. The second-order valence-corrected chi connectivity index (χ2v) is 4.06. The first-order chi connectivity index (χ1) is 8.33. The Bertz CT molecular complexity index is 502. The summed E-state index contributed by atoms with van der Waals surface area (Å²) in [6.45, 7) is 3.31. The van der Waals surface area contributed by atoms with Crippen molar-refractivity contribution in [3.8, 4) is 11.6 Å². The van der Waals surface area contributed by atoms with Crippen LogP contribution in [0.15, 0.2) is 16.9 Å². The molecular formula is C11H12N4O2. The van der Waals surface area contributed by atoms with Gasteiger partial charge in [-0.15, -0.1) is 0 Å². The van der Waals surface area contributed by atoms with Crippen LogP contribution >= 0.6 is 0 Å². The number of hydrogen-bond acceptors (Lipinski definition) is 6. The van der Waals surface area contributed by atoms with E-state index in [1.165, 1.54) is 0 Å². The van der Waals surface area contributed by atoms with Gasteiger partial charge in [-0.25, -0.2) is 4.98 Å². The van der Waals surface area contributed by atoms with Crippen LogP contribution in [0.4, 0.5) is 0 Å². The third-order valence-corrected chi connectivity index (χ3v) is 2.74. The molecule has 0 N–H and O–H groups in total. The monoisotopic (exact) mass is 232 g/mol. The first-order valence-electron chi connectivity index (χ1n) is 5.53. The van der Waals surface area contributed by atoms with Crippen LogP contribution in [0.5, 0.6) is 0 Å². The van der Waals surface area contributed by atoms with Gasteiger partial charge in [-0.3, -0.25) is 4.98 Å². The van der Waals surface area contributed by atoms with Crippen molar-refractivity contribution in [2.75, 3.05) is 13.2 Å². The van der Waals surface area contributed by atoms with E-state index in [1.54, 1.807) is 12.4 Å². The molecule has 0 aliphatic carbocycles. The van der Waals surface area contributed by atoms with E-state index in [2.05, 4.69) is 20.1 Å². The Balaban J connectivity index is 1.86. The minimum atomic E-state index is 0.242. The van der Waals surface area contributed by atoms with Crippen LogP contribution in [0.1, 0.15) is 23.9 Å². The number of aromatic nitrogens is 4. The second-order valence-electron chi connectivity index (χ2n) is 4.06. The van der Waals surface area contributed by atoms with Crippen molar-refractivity contribution in [1.29, 1.82) is 0 Å². The molecule has 6 heteroatoms. The molecule has 0 radical (unpaired) electrons. The van der Waals surface area contributed by atoms with E-state index >= 15 is 0 Å². The molecule has 1 aliphatic heterocycles. The minimum absolute atomic E-state index is 0.242. The summed E-state index contributed by atoms with van der Waals surface area (Å²) >= 11 is 0. The van der Waals surface area contributed by atoms with Crippen LogP contribution in [0.2, 0.25) is 0 Å². The minimum Gasteiger partial charge on any atom is -0.381 e. The first-order valence-corrected chi connectivity index (χ1v) is 5.53. The Labute approximate surface area is 98.0 Å². The lowest BCUT2D eigenvalue weighted by molar-refractivity contribution is 0.192. The average Bonchev–Trinajstić information content (AvgIpc) is 3.00. The molecule has 2 aromatic heterocycles. The molecule has 2 aromatic rings. The summed E-state index contributed by atoms with van der Waals surface area (Å²) in [4.78, 5) is 12.7. The summed E-state index contributed by atoms with van der Waals surface area (Å²) in [6, 6.07) is 0. The summed E-state index contributed by atoms with van der Waals surface area (Å²) in [5, 5.41) is 3.96. The highest BCUT2D eigenvalue weighted by atomic mass is 16.5. The topological polar surface area (TPSA) is 73.9 Å². The van der Waals surface area contributed by atoms with Crippen LogP contribution in [-0.2, 0) is 4.74 Å². The highest BCUT2D eigenvalue weighted by Crippen LogP contribution is 2.24. The van der Waals surface area contributed by atoms with E-state index in [9.17, 15) is 0 Å². The third-order valence-electron chi connectivity index (χ3n) is 2.74. The first kappa shape index (κ1) is 10.3. The molecule has 1 saturated heterocycles. The normalized spacial score (nSPS) is 19.7. The van der Waals surface area contributed by atoms with Gasteiger partial charge in [0, 0.05) is 18.7 Å². The molecule has 1 aliphatic rings. The van der Waals surface area contributed by atoms with Crippen molar-refractivity contribution in [2.24, 2.45) is 0 Å². The van der Waals surface area contributed by atoms with Gasteiger partial charge in [-0.05, 0) is 13.3 Å².